The Kier molecular flexibility index (Phi) is 7.18. The second kappa shape index (κ2) is 9.82. The third-order valence-corrected chi connectivity index (χ3v) is 5.38. The Morgan fingerprint density at radius 3 is 1.93 bits per heavy atom. The molecule has 0 fully saturated rings. The minimum atomic E-state index is -0.883. The first-order valence-electron chi connectivity index (χ1n) is 9.08. The van der Waals surface area contributed by atoms with Gasteiger partial charge in [-0.3, -0.25) is 14.4 Å². The highest BCUT2D eigenvalue weighted by Gasteiger charge is 2.20. The van der Waals surface area contributed by atoms with Crippen LogP contribution in [0.15, 0.2) is 81.7 Å². The van der Waals surface area contributed by atoms with Crippen molar-refractivity contribution in [1.29, 1.82) is 0 Å². The molecule has 0 heterocycles. The number of nitrogens with two attached hydrogens (primary N) is 1. The van der Waals surface area contributed by atoms with Crippen molar-refractivity contribution in [3.8, 4) is 0 Å². The summed E-state index contributed by atoms with van der Waals surface area (Å²) in [6.45, 7) is 0. The summed E-state index contributed by atoms with van der Waals surface area (Å²) in [7, 11) is 0. The number of amides is 2. The molecule has 0 aliphatic rings. The lowest BCUT2D eigenvalue weighted by Crippen LogP contribution is -2.45. The molecule has 1 atom stereocenters. The predicted octanol–water partition coefficient (Wildman–Crippen LogP) is 4.27. The molecule has 3 aromatic rings. The zero-order valence-electron chi connectivity index (χ0n) is 15.8. The van der Waals surface area contributed by atoms with Crippen molar-refractivity contribution >= 4 is 49.5 Å². The first-order valence-corrected chi connectivity index (χ1v) is 10.7. The Bertz CT molecular complexity index is 1060. The van der Waals surface area contributed by atoms with Crippen molar-refractivity contribution in [2.75, 3.05) is 0 Å². The molecule has 3 rings (SSSR count). The third kappa shape index (κ3) is 5.64. The lowest BCUT2D eigenvalue weighted by molar-refractivity contribution is -0.119. The van der Waals surface area contributed by atoms with Gasteiger partial charge in [-0.1, -0.05) is 86.5 Å². The van der Waals surface area contributed by atoms with Crippen LogP contribution in [0.1, 0.15) is 31.8 Å². The van der Waals surface area contributed by atoms with Gasteiger partial charge < -0.3 is 11.1 Å². The largest absolute Gasteiger partial charge is 0.368 e. The molecule has 0 radical (unpaired) electrons. The molecule has 0 aromatic heterocycles. The summed E-state index contributed by atoms with van der Waals surface area (Å²) in [6, 6.07) is 20.1. The van der Waals surface area contributed by atoms with E-state index in [2.05, 4.69) is 37.2 Å². The van der Waals surface area contributed by atoms with Crippen LogP contribution >= 0.6 is 31.9 Å². The zero-order valence-corrected chi connectivity index (χ0v) is 18.9. The van der Waals surface area contributed by atoms with E-state index in [-0.39, 0.29) is 12.2 Å². The Balaban J connectivity index is 1.71. The van der Waals surface area contributed by atoms with E-state index in [0.29, 0.717) is 16.7 Å². The van der Waals surface area contributed by atoms with E-state index in [4.69, 9.17) is 5.73 Å². The van der Waals surface area contributed by atoms with E-state index in [0.717, 1.165) is 14.5 Å². The molecular formula is C23H18Br2N2O3. The fourth-order valence-electron chi connectivity index (χ4n) is 2.93. The molecule has 30 heavy (non-hydrogen) atoms. The average Bonchev–Trinajstić information content (AvgIpc) is 2.73. The second-order valence-electron chi connectivity index (χ2n) is 6.68. The molecule has 0 saturated carbocycles. The minimum absolute atomic E-state index is 0.0814. The lowest BCUT2D eigenvalue weighted by atomic mass is 9.99. The van der Waals surface area contributed by atoms with E-state index < -0.39 is 17.9 Å². The summed E-state index contributed by atoms with van der Waals surface area (Å²) < 4.78 is 1.47. The molecule has 7 heteroatoms. The fraction of sp³-hybridized carbons (Fsp3) is 0.0870. The molecule has 152 valence electrons. The van der Waals surface area contributed by atoms with Crippen LogP contribution in [0.5, 0.6) is 0 Å². The molecule has 0 bridgehead atoms. The molecule has 0 spiro atoms. The van der Waals surface area contributed by atoms with Gasteiger partial charge in [-0.2, -0.15) is 0 Å². The van der Waals surface area contributed by atoms with Crippen LogP contribution in [-0.4, -0.2) is 23.6 Å². The summed E-state index contributed by atoms with van der Waals surface area (Å²) in [6.07, 6.45) is 0.218. The Labute approximate surface area is 190 Å². The van der Waals surface area contributed by atoms with Gasteiger partial charge in [0.1, 0.15) is 6.04 Å². The van der Waals surface area contributed by atoms with Crippen molar-refractivity contribution in [2.24, 2.45) is 5.73 Å². The lowest BCUT2D eigenvalue weighted by Gasteiger charge is -2.16. The van der Waals surface area contributed by atoms with Gasteiger partial charge in [-0.25, -0.2) is 0 Å². The number of carbonyl (C=O) groups is 3. The number of primary amides is 1. The van der Waals surface area contributed by atoms with Crippen molar-refractivity contribution < 1.29 is 14.4 Å². The van der Waals surface area contributed by atoms with Gasteiger partial charge in [0.25, 0.3) is 5.91 Å². The highest BCUT2D eigenvalue weighted by Crippen LogP contribution is 2.20. The molecule has 5 nitrogen and oxygen atoms in total. The Hall–Kier alpha value is -2.77. The van der Waals surface area contributed by atoms with E-state index in [1.54, 1.807) is 54.6 Å². The van der Waals surface area contributed by atoms with Crippen LogP contribution in [0, 0.1) is 0 Å². The van der Waals surface area contributed by atoms with Crippen LogP contribution in [0.3, 0.4) is 0 Å². The van der Waals surface area contributed by atoms with Gasteiger partial charge in [0, 0.05) is 32.1 Å². The molecule has 3 aromatic carbocycles. The highest BCUT2D eigenvalue weighted by atomic mass is 79.9. The van der Waals surface area contributed by atoms with Gasteiger partial charge in [0.05, 0.1) is 0 Å². The van der Waals surface area contributed by atoms with Crippen LogP contribution in [0.4, 0.5) is 0 Å². The summed E-state index contributed by atoms with van der Waals surface area (Å²) in [5, 5.41) is 2.68. The zero-order chi connectivity index (χ0) is 21.7. The first-order chi connectivity index (χ1) is 14.3. The highest BCUT2D eigenvalue weighted by molar-refractivity contribution is 9.11. The van der Waals surface area contributed by atoms with Gasteiger partial charge in [0.2, 0.25) is 5.91 Å². The van der Waals surface area contributed by atoms with E-state index in [1.165, 1.54) is 0 Å². The number of nitrogens with one attached hydrogen (secondary N) is 1. The van der Waals surface area contributed by atoms with E-state index in [1.807, 2.05) is 18.2 Å². The number of benzene rings is 3. The topological polar surface area (TPSA) is 89.3 Å². The number of halogens is 2. The normalized spacial score (nSPS) is 11.5. The Morgan fingerprint density at radius 2 is 1.37 bits per heavy atom. The number of hydrogen-bond donors (Lipinski definition) is 2. The summed E-state index contributed by atoms with van der Waals surface area (Å²) in [5.74, 6) is -1.12. The number of rotatable bonds is 7. The van der Waals surface area contributed by atoms with Crippen molar-refractivity contribution in [3.63, 3.8) is 0 Å². The predicted molar refractivity (Wildman–Crippen MR) is 122 cm³/mol. The summed E-state index contributed by atoms with van der Waals surface area (Å²) in [4.78, 5) is 37.0. The molecule has 0 unspecified atom stereocenters. The SMILES string of the molecule is NC(=O)[C@H](Cc1ccc(C(=O)c2ccccc2)cc1)NC(=O)c1cc(Br)cc(Br)c1. The maximum Gasteiger partial charge on any atom is 0.252 e. The number of carbonyl (C=O) groups excluding carboxylic acids is 3. The third-order valence-electron chi connectivity index (χ3n) is 4.47. The fourth-order valence-corrected chi connectivity index (χ4v) is 4.23. The van der Waals surface area contributed by atoms with Crippen LogP contribution in [0.25, 0.3) is 0 Å². The molecular weight excluding hydrogens is 512 g/mol. The number of hydrogen-bond acceptors (Lipinski definition) is 3. The summed E-state index contributed by atoms with van der Waals surface area (Å²) >= 11 is 6.67. The average molecular weight is 530 g/mol. The first kappa shape index (κ1) is 21.9. The second-order valence-corrected chi connectivity index (χ2v) is 8.51. The van der Waals surface area contributed by atoms with Gasteiger partial charge in [-0.05, 0) is 23.8 Å². The maximum absolute atomic E-state index is 12.5. The van der Waals surface area contributed by atoms with Gasteiger partial charge in [0.15, 0.2) is 5.78 Å². The maximum atomic E-state index is 12.5. The molecule has 2 amide bonds. The number of ketones is 1. The molecule has 0 saturated heterocycles. The van der Waals surface area contributed by atoms with Crippen molar-refractivity contribution in [1.82, 2.24) is 5.32 Å². The molecule has 3 N–H and O–H groups in total. The standard InChI is InChI=1S/C23H18Br2N2O3/c24-18-11-17(12-19(25)13-18)23(30)27-20(22(26)29)10-14-6-8-16(9-7-14)21(28)15-4-2-1-3-5-15/h1-9,11-13,20H,10H2,(H2,26,29)(H,27,30)/t20-/m0/s1. The van der Waals surface area contributed by atoms with Crippen molar-refractivity contribution in [2.45, 2.75) is 12.5 Å². The molecule has 0 aliphatic heterocycles. The van der Waals surface area contributed by atoms with E-state index >= 15 is 0 Å². The van der Waals surface area contributed by atoms with Crippen molar-refractivity contribution in [3.05, 3.63) is 104 Å². The van der Waals surface area contributed by atoms with Gasteiger partial charge >= 0.3 is 0 Å². The molecule has 0 aliphatic carbocycles. The monoisotopic (exact) mass is 528 g/mol. The Morgan fingerprint density at radius 1 is 0.800 bits per heavy atom. The van der Waals surface area contributed by atoms with Crippen LogP contribution < -0.4 is 11.1 Å². The minimum Gasteiger partial charge on any atom is -0.368 e. The quantitative estimate of drug-likeness (QED) is 0.448. The van der Waals surface area contributed by atoms with Gasteiger partial charge in [-0.15, -0.1) is 0 Å². The van der Waals surface area contributed by atoms with E-state index in [9.17, 15) is 14.4 Å². The summed E-state index contributed by atoms with van der Waals surface area (Å²) in [5.41, 5.74) is 7.82. The van der Waals surface area contributed by atoms with Crippen LogP contribution in [0.2, 0.25) is 0 Å². The smallest absolute Gasteiger partial charge is 0.252 e. The van der Waals surface area contributed by atoms with Crippen LogP contribution in [-0.2, 0) is 11.2 Å².